The maximum atomic E-state index is 12.6. The zero-order chi connectivity index (χ0) is 24.2. The first-order valence-electron chi connectivity index (χ1n) is 11.0. The molecule has 1 amide bonds. The number of carbonyl (C=O) groups excluding carboxylic acids is 1. The van der Waals surface area contributed by atoms with Crippen LogP contribution in [0.15, 0.2) is 84.0 Å². The Labute approximate surface area is 206 Å². The van der Waals surface area contributed by atoms with E-state index in [2.05, 4.69) is 25.7 Å². The Morgan fingerprint density at radius 1 is 1.09 bits per heavy atom. The number of H-pyrrole nitrogens is 2. The van der Waals surface area contributed by atoms with Crippen molar-refractivity contribution >= 4 is 34.6 Å². The minimum Gasteiger partial charge on any atom is -0.489 e. The Bertz CT molecular complexity index is 1540. The summed E-state index contributed by atoms with van der Waals surface area (Å²) in [6.45, 7) is 2.32. The van der Waals surface area contributed by atoms with Crippen LogP contribution in [0.25, 0.3) is 22.2 Å². The number of hydrogen-bond donors (Lipinski definition) is 3. The van der Waals surface area contributed by atoms with Gasteiger partial charge in [-0.25, -0.2) is 5.43 Å². The molecule has 174 valence electrons. The van der Waals surface area contributed by atoms with E-state index in [1.54, 1.807) is 12.3 Å². The van der Waals surface area contributed by atoms with Crippen molar-refractivity contribution in [2.45, 2.75) is 13.5 Å². The van der Waals surface area contributed by atoms with Crippen LogP contribution in [0.2, 0.25) is 5.02 Å². The molecular weight excluding hydrogens is 462 g/mol. The zero-order valence-corrected chi connectivity index (χ0v) is 19.6. The molecule has 0 saturated carbocycles. The molecule has 0 bridgehead atoms. The second-order valence-corrected chi connectivity index (χ2v) is 8.39. The van der Waals surface area contributed by atoms with E-state index in [1.807, 2.05) is 79.7 Å². The van der Waals surface area contributed by atoms with Gasteiger partial charge in [0.15, 0.2) is 0 Å². The SMILES string of the molecule is Cc1[nH]c2ccccc2c1/C=N/NC(=O)c1cc(-c2cccc(OCc3ccccc3Cl)c2)n[nH]1. The summed E-state index contributed by atoms with van der Waals surface area (Å²) in [7, 11) is 0. The lowest BCUT2D eigenvalue weighted by Gasteiger charge is -2.08. The fourth-order valence-electron chi connectivity index (χ4n) is 3.79. The van der Waals surface area contributed by atoms with E-state index in [-0.39, 0.29) is 5.91 Å². The van der Waals surface area contributed by atoms with Gasteiger partial charge >= 0.3 is 0 Å². The van der Waals surface area contributed by atoms with Crippen LogP contribution in [0.3, 0.4) is 0 Å². The topological polar surface area (TPSA) is 95.2 Å². The number of carbonyl (C=O) groups is 1. The highest BCUT2D eigenvalue weighted by Crippen LogP contribution is 2.25. The fourth-order valence-corrected chi connectivity index (χ4v) is 3.98. The number of aromatic amines is 2. The Morgan fingerprint density at radius 2 is 1.91 bits per heavy atom. The van der Waals surface area contributed by atoms with E-state index < -0.39 is 0 Å². The van der Waals surface area contributed by atoms with Crippen molar-refractivity contribution in [3.63, 3.8) is 0 Å². The molecule has 0 unspecified atom stereocenters. The molecule has 0 aliphatic heterocycles. The normalized spacial score (nSPS) is 11.3. The van der Waals surface area contributed by atoms with E-state index in [9.17, 15) is 4.79 Å². The number of amides is 1. The predicted octanol–water partition coefficient (Wildman–Crippen LogP) is 5.86. The number of halogens is 1. The molecule has 2 aromatic heterocycles. The number of para-hydroxylation sites is 1. The number of nitrogens with zero attached hydrogens (tertiary/aromatic N) is 2. The van der Waals surface area contributed by atoms with Crippen LogP contribution in [0.4, 0.5) is 0 Å². The maximum absolute atomic E-state index is 12.6. The summed E-state index contributed by atoms with van der Waals surface area (Å²) in [5.74, 6) is 0.290. The van der Waals surface area contributed by atoms with Gasteiger partial charge in [-0.2, -0.15) is 10.2 Å². The second kappa shape index (κ2) is 9.87. The number of rotatable bonds is 7. The highest BCUT2D eigenvalue weighted by Gasteiger charge is 2.12. The molecule has 0 fully saturated rings. The standard InChI is InChI=1S/C27H22ClN5O2/c1-17-22(21-10-3-5-12-24(21)30-17)15-29-33-27(34)26-14-25(31-32-26)18-8-6-9-20(13-18)35-16-19-7-2-4-11-23(19)28/h2-15,30H,16H2,1H3,(H,31,32)(H,33,34)/b29-15+. The van der Waals surface area contributed by atoms with Gasteiger partial charge in [0.25, 0.3) is 5.91 Å². The Balaban J connectivity index is 1.25. The van der Waals surface area contributed by atoms with E-state index >= 15 is 0 Å². The van der Waals surface area contributed by atoms with Gasteiger partial charge in [-0.3, -0.25) is 9.89 Å². The van der Waals surface area contributed by atoms with Crippen molar-refractivity contribution < 1.29 is 9.53 Å². The van der Waals surface area contributed by atoms with Gasteiger partial charge in [-0.1, -0.05) is 60.1 Å². The molecule has 7 nitrogen and oxygen atoms in total. The lowest BCUT2D eigenvalue weighted by Crippen LogP contribution is -2.18. The minimum atomic E-state index is -0.386. The van der Waals surface area contributed by atoms with E-state index in [4.69, 9.17) is 16.3 Å². The number of fused-ring (bicyclic) bond motifs is 1. The van der Waals surface area contributed by atoms with Gasteiger partial charge in [0.05, 0.1) is 11.9 Å². The smallest absolute Gasteiger partial charge is 0.289 e. The van der Waals surface area contributed by atoms with Crippen LogP contribution < -0.4 is 10.2 Å². The van der Waals surface area contributed by atoms with Gasteiger partial charge in [0.2, 0.25) is 0 Å². The first kappa shape index (κ1) is 22.4. The monoisotopic (exact) mass is 483 g/mol. The van der Waals surface area contributed by atoms with Crippen molar-refractivity contribution in [2.75, 3.05) is 0 Å². The Hall–Kier alpha value is -4.36. The number of hydrogen-bond acceptors (Lipinski definition) is 4. The number of aryl methyl sites for hydroxylation is 1. The molecule has 8 heteroatoms. The van der Waals surface area contributed by atoms with E-state index in [0.717, 1.165) is 33.3 Å². The van der Waals surface area contributed by atoms with Gasteiger partial charge in [-0.15, -0.1) is 0 Å². The molecule has 3 N–H and O–H groups in total. The summed E-state index contributed by atoms with van der Waals surface area (Å²) in [4.78, 5) is 15.9. The van der Waals surface area contributed by atoms with Crippen molar-refractivity contribution in [3.05, 3.63) is 106 Å². The second-order valence-electron chi connectivity index (χ2n) is 7.98. The third-order valence-corrected chi connectivity index (χ3v) is 5.98. The summed E-state index contributed by atoms with van der Waals surface area (Å²) in [6, 6.07) is 24.7. The molecule has 5 rings (SSSR count). The third kappa shape index (κ3) is 4.95. The quantitative estimate of drug-likeness (QED) is 0.200. The Morgan fingerprint density at radius 3 is 2.80 bits per heavy atom. The van der Waals surface area contributed by atoms with Crippen LogP contribution >= 0.6 is 11.6 Å². The van der Waals surface area contributed by atoms with E-state index in [0.29, 0.717) is 28.8 Å². The average molecular weight is 484 g/mol. The number of nitrogens with one attached hydrogen (secondary N) is 3. The fraction of sp³-hybridized carbons (Fsp3) is 0.0741. The van der Waals surface area contributed by atoms with Crippen LogP contribution in [-0.4, -0.2) is 27.3 Å². The van der Waals surface area contributed by atoms with Gasteiger partial charge < -0.3 is 9.72 Å². The van der Waals surface area contributed by atoms with Crippen LogP contribution in [0, 0.1) is 6.92 Å². The van der Waals surface area contributed by atoms with Crippen molar-refractivity contribution in [1.82, 2.24) is 20.6 Å². The van der Waals surface area contributed by atoms with Crippen molar-refractivity contribution in [1.29, 1.82) is 0 Å². The van der Waals surface area contributed by atoms with Crippen molar-refractivity contribution in [3.8, 4) is 17.0 Å². The maximum Gasteiger partial charge on any atom is 0.289 e. The molecular formula is C27H22ClN5O2. The number of ether oxygens (including phenoxy) is 1. The first-order chi connectivity index (χ1) is 17.1. The van der Waals surface area contributed by atoms with Gasteiger partial charge in [0.1, 0.15) is 18.1 Å². The molecule has 0 atom stereocenters. The molecule has 0 radical (unpaired) electrons. The summed E-state index contributed by atoms with van der Waals surface area (Å²) < 4.78 is 5.89. The van der Waals surface area contributed by atoms with Crippen LogP contribution in [0.5, 0.6) is 5.75 Å². The molecule has 2 heterocycles. The predicted molar refractivity (Wildman–Crippen MR) is 138 cm³/mol. The molecule has 3 aromatic carbocycles. The summed E-state index contributed by atoms with van der Waals surface area (Å²) in [6.07, 6.45) is 1.64. The molecule has 35 heavy (non-hydrogen) atoms. The number of hydrazone groups is 1. The number of aromatic nitrogens is 3. The summed E-state index contributed by atoms with van der Waals surface area (Å²) in [5, 5.41) is 12.9. The van der Waals surface area contributed by atoms with Gasteiger partial charge in [0, 0.05) is 38.3 Å². The lowest BCUT2D eigenvalue weighted by molar-refractivity contribution is 0.0950. The molecule has 0 spiro atoms. The number of benzene rings is 3. The first-order valence-corrected chi connectivity index (χ1v) is 11.4. The average Bonchev–Trinajstić information content (AvgIpc) is 3.49. The third-order valence-electron chi connectivity index (χ3n) is 5.61. The van der Waals surface area contributed by atoms with Gasteiger partial charge in [-0.05, 0) is 37.3 Å². The largest absolute Gasteiger partial charge is 0.489 e. The minimum absolute atomic E-state index is 0.301. The molecule has 0 aliphatic carbocycles. The lowest BCUT2D eigenvalue weighted by atomic mass is 10.1. The summed E-state index contributed by atoms with van der Waals surface area (Å²) in [5.41, 5.74) is 8.13. The molecule has 0 aliphatic rings. The highest BCUT2D eigenvalue weighted by atomic mass is 35.5. The summed E-state index contributed by atoms with van der Waals surface area (Å²) >= 11 is 6.21. The zero-order valence-electron chi connectivity index (χ0n) is 18.9. The van der Waals surface area contributed by atoms with Crippen molar-refractivity contribution in [2.24, 2.45) is 5.10 Å². The van der Waals surface area contributed by atoms with E-state index in [1.165, 1.54) is 0 Å². The highest BCUT2D eigenvalue weighted by molar-refractivity contribution is 6.31. The molecule has 5 aromatic rings. The van der Waals surface area contributed by atoms with Crippen LogP contribution in [-0.2, 0) is 6.61 Å². The van der Waals surface area contributed by atoms with Crippen LogP contribution in [0.1, 0.15) is 27.3 Å². The molecule has 0 saturated heterocycles. The Kier molecular flexibility index (Phi) is 6.32.